The van der Waals surface area contributed by atoms with Crippen LogP contribution in [-0.2, 0) is 0 Å². The fourth-order valence-corrected chi connectivity index (χ4v) is 1.96. The predicted octanol–water partition coefficient (Wildman–Crippen LogP) is 6.40. The van der Waals surface area contributed by atoms with Gasteiger partial charge in [-0.05, 0) is 67.1 Å². The Balaban J connectivity index is -0.000000168. The van der Waals surface area contributed by atoms with Gasteiger partial charge in [-0.1, -0.05) is 65.0 Å². The van der Waals surface area contributed by atoms with E-state index < -0.39 is 0 Å². The van der Waals surface area contributed by atoms with Crippen LogP contribution in [-0.4, -0.2) is 0 Å². The first kappa shape index (κ1) is 31.4. The molecule has 0 aliphatic rings. The highest BCUT2D eigenvalue weighted by Gasteiger charge is 1.99. The van der Waals surface area contributed by atoms with E-state index in [9.17, 15) is 0 Å². The Kier molecular flexibility index (Phi) is 28.4. The molecule has 1 atom stereocenters. The van der Waals surface area contributed by atoms with Gasteiger partial charge in [-0.3, -0.25) is 0 Å². The van der Waals surface area contributed by atoms with Crippen molar-refractivity contribution in [3.8, 4) is 0 Å². The zero-order chi connectivity index (χ0) is 21.0. The van der Waals surface area contributed by atoms with Crippen molar-refractivity contribution in [3.63, 3.8) is 0 Å². The highest BCUT2D eigenvalue weighted by molar-refractivity contribution is 7.27. The minimum atomic E-state index is 1.11. The average Bonchev–Trinajstić information content (AvgIpc) is 2.67. The third kappa shape index (κ3) is 14.6. The zero-order valence-corrected chi connectivity index (χ0v) is 19.6. The van der Waals surface area contributed by atoms with Crippen LogP contribution in [0, 0.1) is 13.8 Å². The molecule has 25 heavy (non-hydrogen) atoms. The molecule has 1 rings (SSSR count). The van der Waals surface area contributed by atoms with Crippen LogP contribution in [0.15, 0.2) is 44.0 Å². The Hall–Kier alpha value is -1.39. The molecule has 144 valence electrons. The molecule has 0 aliphatic heterocycles. The molecule has 0 saturated heterocycles. The monoisotopic (exact) mass is 362 g/mol. The number of benzene rings is 1. The normalized spacial score (nSPS) is 9.68. The maximum atomic E-state index is 3.75. The minimum Gasteiger partial charge on any atom is -0.106 e. The summed E-state index contributed by atoms with van der Waals surface area (Å²) in [6.07, 6.45) is 7.16. The average molecular weight is 363 g/mol. The molecule has 0 bridgehead atoms. The Morgan fingerprint density at radius 2 is 1.48 bits per heavy atom. The molecule has 0 heterocycles. The minimum absolute atomic E-state index is 1.11. The summed E-state index contributed by atoms with van der Waals surface area (Å²) in [5.41, 5.74) is 3.93. The van der Waals surface area contributed by atoms with Crippen molar-refractivity contribution in [2.75, 3.05) is 0 Å². The van der Waals surface area contributed by atoms with Gasteiger partial charge in [-0.15, -0.1) is 29.0 Å². The topological polar surface area (TPSA) is 0 Å². The van der Waals surface area contributed by atoms with Crippen LogP contribution in [0.3, 0.4) is 0 Å². The summed E-state index contributed by atoms with van der Waals surface area (Å²) in [7, 11) is 2.78. The highest BCUT2D eigenvalue weighted by Crippen LogP contribution is 1.99. The van der Waals surface area contributed by atoms with E-state index in [1.165, 1.54) is 32.4 Å². The van der Waals surface area contributed by atoms with E-state index in [1.807, 2.05) is 40.7 Å². The van der Waals surface area contributed by atoms with Gasteiger partial charge in [0.15, 0.2) is 0 Å². The lowest BCUT2D eigenvalue weighted by molar-refractivity contribution is 1.11. The van der Waals surface area contributed by atoms with Gasteiger partial charge in [-0.25, -0.2) is 0 Å². The summed E-state index contributed by atoms with van der Waals surface area (Å²) in [6, 6.07) is 2.20. The Morgan fingerprint density at radius 1 is 1.08 bits per heavy atom. The van der Waals surface area contributed by atoms with Crippen molar-refractivity contribution in [2.45, 2.75) is 68.7 Å². The van der Waals surface area contributed by atoms with Crippen molar-refractivity contribution in [1.29, 1.82) is 0 Å². The molecule has 0 aromatic heterocycles. The molecule has 0 amide bonds. The number of hydrogen-bond donors (Lipinski definition) is 0. The first-order chi connectivity index (χ1) is 11.9. The molecule has 1 heteroatoms. The van der Waals surface area contributed by atoms with Crippen molar-refractivity contribution >= 4 is 26.7 Å². The Labute approximate surface area is 161 Å². The van der Waals surface area contributed by atoms with E-state index in [0.29, 0.717) is 0 Å². The molecule has 0 fully saturated rings. The second kappa shape index (κ2) is 22.6. The van der Waals surface area contributed by atoms with Crippen molar-refractivity contribution in [2.24, 2.45) is 0 Å². The van der Waals surface area contributed by atoms with Crippen LogP contribution in [0.1, 0.15) is 66.0 Å². The summed E-state index contributed by atoms with van der Waals surface area (Å²) in [4.78, 5) is 0. The van der Waals surface area contributed by atoms with E-state index in [-0.39, 0.29) is 0 Å². The van der Waals surface area contributed by atoms with Gasteiger partial charge in [-0.2, -0.15) is 0 Å². The van der Waals surface area contributed by atoms with Crippen molar-refractivity contribution in [3.05, 3.63) is 65.6 Å². The molecule has 1 unspecified atom stereocenters. The number of hydrogen-bond acceptors (Lipinski definition) is 0. The SMILES string of the molecule is C=C.C=C(C)CC.C=C/C=c1/c(C)c(C)c(P)c/c1=C/C.CC.CC. The van der Waals surface area contributed by atoms with Crippen molar-refractivity contribution < 1.29 is 0 Å². The van der Waals surface area contributed by atoms with E-state index >= 15 is 0 Å². The van der Waals surface area contributed by atoms with Crippen molar-refractivity contribution in [1.82, 2.24) is 0 Å². The summed E-state index contributed by atoms with van der Waals surface area (Å²) < 4.78 is 0. The van der Waals surface area contributed by atoms with Gasteiger partial charge < -0.3 is 0 Å². The van der Waals surface area contributed by atoms with Crippen LogP contribution in [0.25, 0.3) is 12.2 Å². The highest BCUT2D eigenvalue weighted by atomic mass is 31.0. The molecule has 0 saturated carbocycles. The predicted molar refractivity (Wildman–Crippen MR) is 128 cm³/mol. The summed E-state index contributed by atoms with van der Waals surface area (Å²) in [6.45, 7) is 31.9. The molecule has 0 spiro atoms. The third-order valence-corrected chi connectivity index (χ3v) is 3.82. The second-order valence-electron chi connectivity index (χ2n) is 4.72. The lowest BCUT2D eigenvalue weighted by atomic mass is 10.0. The van der Waals surface area contributed by atoms with Crippen LogP contribution in [0.4, 0.5) is 0 Å². The van der Waals surface area contributed by atoms with Gasteiger partial charge in [0.1, 0.15) is 0 Å². The quantitative estimate of drug-likeness (QED) is 0.422. The largest absolute Gasteiger partial charge is 0.106 e. The smallest absolute Gasteiger partial charge is 0.0155 e. The lowest BCUT2D eigenvalue weighted by Gasteiger charge is -2.05. The molecule has 1 aromatic rings. The van der Waals surface area contributed by atoms with E-state index in [2.05, 4.69) is 81.5 Å². The fraction of sp³-hybridized carbons (Fsp3) is 0.417. The van der Waals surface area contributed by atoms with Gasteiger partial charge >= 0.3 is 0 Å². The third-order valence-electron chi connectivity index (χ3n) is 3.22. The molecule has 0 radical (unpaired) electrons. The van der Waals surface area contributed by atoms with E-state index in [4.69, 9.17) is 0 Å². The van der Waals surface area contributed by atoms with Gasteiger partial charge in [0, 0.05) is 0 Å². The number of rotatable bonds is 2. The van der Waals surface area contributed by atoms with Crippen LogP contribution in [0.5, 0.6) is 0 Å². The molecular weight excluding hydrogens is 319 g/mol. The fourth-order valence-electron chi connectivity index (χ4n) is 1.57. The van der Waals surface area contributed by atoms with E-state index in [0.717, 1.165) is 6.42 Å². The molecule has 0 N–H and O–H groups in total. The molecule has 1 aromatic carbocycles. The first-order valence-electron chi connectivity index (χ1n) is 9.18. The second-order valence-corrected chi connectivity index (χ2v) is 5.34. The maximum absolute atomic E-state index is 3.75. The molecular formula is C24H43P. The summed E-state index contributed by atoms with van der Waals surface area (Å²) in [5.74, 6) is 0. The summed E-state index contributed by atoms with van der Waals surface area (Å²) in [5, 5.41) is 3.83. The first-order valence-corrected chi connectivity index (χ1v) is 9.75. The summed E-state index contributed by atoms with van der Waals surface area (Å²) >= 11 is 0. The maximum Gasteiger partial charge on any atom is -0.0155 e. The van der Waals surface area contributed by atoms with E-state index in [1.54, 1.807) is 0 Å². The molecule has 0 aliphatic carbocycles. The Morgan fingerprint density at radius 3 is 1.76 bits per heavy atom. The molecule has 0 nitrogen and oxygen atoms in total. The Bertz CT molecular complexity index is 577. The number of allylic oxidation sites excluding steroid dienone is 2. The standard InChI is InChI=1S/C13H17P.C5H10.2C2H6.C2H4/c1-5-7-12-9(3)10(4)13(14)8-11(12)6-2;1-4-5(2)3;3*1-2/h5-8H,1,14H2,2-4H3;2,4H2,1,3H3;2*1-2H3;1-2H2/b11-6-,12-7-;;;;. The van der Waals surface area contributed by atoms with Gasteiger partial charge in [0.2, 0.25) is 0 Å². The van der Waals surface area contributed by atoms with Gasteiger partial charge in [0.25, 0.3) is 0 Å². The van der Waals surface area contributed by atoms with Gasteiger partial charge in [0.05, 0.1) is 0 Å². The van der Waals surface area contributed by atoms with Crippen LogP contribution in [0.2, 0.25) is 0 Å². The van der Waals surface area contributed by atoms with Crippen LogP contribution < -0.4 is 15.7 Å². The lowest BCUT2D eigenvalue weighted by Crippen LogP contribution is -2.31. The van der Waals surface area contributed by atoms with Crippen LogP contribution >= 0.6 is 9.24 Å². The zero-order valence-electron chi connectivity index (χ0n) is 18.4.